The van der Waals surface area contributed by atoms with E-state index in [-0.39, 0.29) is 6.42 Å². The Morgan fingerprint density at radius 2 is 0.524 bits per heavy atom. The molecule has 0 aromatic heterocycles. The third kappa shape index (κ3) is 33.1. The van der Waals surface area contributed by atoms with E-state index >= 15 is 0 Å². The fourth-order valence-corrected chi connectivity index (χ4v) is 9.51. The number of rotatable bonds is 51. The monoisotopic (exact) mass is 891 g/mol. The smallest absolute Gasteiger partial charge is 0.189 e. The molecule has 0 aromatic rings. The van der Waals surface area contributed by atoms with E-state index in [0.29, 0.717) is 19.3 Å². The summed E-state index contributed by atoms with van der Waals surface area (Å²) in [5.74, 6) is -3.29. The molecule has 0 heterocycles. The normalized spacial score (nSPS) is 14.7. The van der Waals surface area contributed by atoms with Crippen molar-refractivity contribution in [2.45, 2.75) is 335 Å². The standard InChI is InChI=1S/C57H110O6/c1-6-9-12-15-18-21-24-27-30-32-35-38-41-44-47-50(4)53(59)55(61)57(63,52(58)49-46-43-40-37-34-29-26-23-20-17-14-11-8-3)56(62)54(60)51(5)48-45-42-39-36-33-31-28-25-22-19-16-13-10-7-2/h50-51,55-56,61-63H,6-49H2,1-5H3. The summed E-state index contributed by atoms with van der Waals surface area (Å²) in [6, 6.07) is 0. The molecule has 4 unspecified atom stereocenters. The third-order valence-corrected chi connectivity index (χ3v) is 14.3. The van der Waals surface area contributed by atoms with Gasteiger partial charge < -0.3 is 15.3 Å². The Labute approximate surface area is 392 Å². The molecule has 0 radical (unpaired) electrons. The Kier molecular flexibility index (Phi) is 43.9. The molecular formula is C57H110O6. The van der Waals surface area contributed by atoms with E-state index < -0.39 is 47.0 Å². The van der Waals surface area contributed by atoms with Gasteiger partial charge in [0.15, 0.2) is 35.2 Å². The summed E-state index contributed by atoms with van der Waals surface area (Å²) in [5.41, 5.74) is -2.83. The van der Waals surface area contributed by atoms with Crippen molar-refractivity contribution in [2.24, 2.45) is 11.8 Å². The van der Waals surface area contributed by atoms with Gasteiger partial charge in [0.25, 0.3) is 0 Å². The van der Waals surface area contributed by atoms with Gasteiger partial charge in [0, 0.05) is 18.3 Å². The first-order valence-corrected chi connectivity index (χ1v) is 28.3. The van der Waals surface area contributed by atoms with Gasteiger partial charge in [0.1, 0.15) is 0 Å². The van der Waals surface area contributed by atoms with E-state index in [0.717, 1.165) is 57.8 Å². The van der Waals surface area contributed by atoms with Crippen molar-refractivity contribution >= 4 is 17.3 Å². The highest BCUT2D eigenvalue weighted by Crippen LogP contribution is 2.29. The molecule has 0 aliphatic rings. The molecule has 4 atom stereocenters. The Morgan fingerprint density at radius 3 is 0.746 bits per heavy atom. The minimum atomic E-state index is -2.83. The molecule has 374 valence electrons. The van der Waals surface area contributed by atoms with E-state index in [1.807, 2.05) is 0 Å². The summed E-state index contributed by atoms with van der Waals surface area (Å²) in [6.45, 7) is 10.2. The molecule has 6 nitrogen and oxygen atoms in total. The predicted molar refractivity (Wildman–Crippen MR) is 270 cm³/mol. The lowest BCUT2D eigenvalue weighted by Crippen LogP contribution is -2.64. The van der Waals surface area contributed by atoms with Gasteiger partial charge in [-0.05, 0) is 19.3 Å². The first kappa shape index (κ1) is 61.9. The van der Waals surface area contributed by atoms with Gasteiger partial charge in [-0.2, -0.15) is 0 Å². The van der Waals surface area contributed by atoms with Crippen molar-refractivity contribution in [2.75, 3.05) is 0 Å². The van der Waals surface area contributed by atoms with Crippen LogP contribution in [0.15, 0.2) is 0 Å². The fraction of sp³-hybridized carbons (Fsp3) is 0.947. The number of unbranched alkanes of at least 4 members (excludes halogenated alkanes) is 38. The Balaban J connectivity index is 4.97. The van der Waals surface area contributed by atoms with Gasteiger partial charge in [0.05, 0.1) is 0 Å². The molecule has 0 aliphatic heterocycles. The molecule has 0 fully saturated rings. The molecular weight excluding hydrogens is 781 g/mol. The fourth-order valence-electron chi connectivity index (χ4n) is 9.51. The number of hydrogen-bond donors (Lipinski definition) is 3. The van der Waals surface area contributed by atoms with Crippen LogP contribution in [-0.2, 0) is 14.4 Å². The van der Waals surface area contributed by atoms with Crippen LogP contribution in [0, 0.1) is 11.8 Å². The minimum absolute atomic E-state index is 0.0797. The zero-order valence-electron chi connectivity index (χ0n) is 43.0. The molecule has 0 saturated carbocycles. The Bertz CT molecular complexity index is 970. The van der Waals surface area contributed by atoms with Gasteiger partial charge in [0.2, 0.25) is 0 Å². The number of carbonyl (C=O) groups excluding carboxylic acids is 3. The maximum absolute atomic E-state index is 13.8. The largest absolute Gasteiger partial charge is 0.382 e. The van der Waals surface area contributed by atoms with Crippen molar-refractivity contribution in [3.8, 4) is 0 Å². The summed E-state index contributed by atoms with van der Waals surface area (Å²) >= 11 is 0. The van der Waals surface area contributed by atoms with Crippen LogP contribution in [0.3, 0.4) is 0 Å². The lowest BCUT2D eigenvalue weighted by molar-refractivity contribution is -0.184. The third-order valence-electron chi connectivity index (χ3n) is 14.3. The predicted octanol–water partition coefficient (Wildman–Crippen LogP) is 16.6. The van der Waals surface area contributed by atoms with Gasteiger partial charge in [-0.3, -0.25) is 14.4 Å². The Morgan fingerprint density at radius 1 is 0.333 bits per heavy atom. The molecule has 6 heteroatoms. The lowest BCUT2D eigenvalue weighted by atomic mass is 9.75. The molecule has 0 aliphatic carbocycles. The van der Waals surface area contributed by atoms with Crippen molar-refractivity contribution in [1.29, 1.82) is 0 Å². The van der Waals surface area contributed by atoms with Crippen LogP contribution in [0.4, 0.5) is 0 Å². The number of ketones is 3. The highest BCUT2D eigenvalue weighted by molar-refractivity contribution is 6.02. The molecule has 0 aromatic carbocycles. The number of aliphatic hydroxyl groups excluding tert-OH is 2. The maximum Gasteiger partial charge on any atom is 0.189 e. The second-order valence-electron chi connectivity index (χ2n) is 20.4. The van der Waals surface area contributed by atoms with E-state index in [9.17, 15) is 29.7 Å². The highest BCUT2D eigenvalue weighted by Gasteiger charge is 2.55. The van der Waals surface area contributed by atoms with Gasteiger partial charge in [-0.25, -0.2) is 0 Å². The SMILES string of the molecule is CCCCCCCCCCCCCCCCC(C)C(=O)C(O)C(O)(C(=O)CCCCCCCCCCCCCCC)C(O)C(=O)C(C)CCCCCCCCCCCCCCCC. The molecule has 0 spiro atoms. The molecule has 0 saturated heterocycles. The summed E-state index contributed by atoms with van der Waals surface area (Å²) in [6.07, 6.45) is 46.4. The number of aliphatic hydroxyl groups is 3. The van der Waals surface area contributed by atoms with Crippen LogP contribution in [0.25, 0.3) is 0 Å². The number of hydrogen-bond acceptors (Lipinski definition) is 6. The van der Waals surface area contributed by atoms with Gasteiger partial charge >= 0.3 is 0 Å². The van der Waals surface area contributed by atoms with Crippen LogP contribution in [0.2, 0.25) is 0 Å². The van der Waals surface area contributed by atoms with Crippen molar-refractivity contribution in [3.63, 3.8) is 0 Å². The number of carbonyl (C=O) groups is 3. The molecule has 63 heavy (non-hydrogen) atoms. The summed E-state index contributed by atoms with van der Waals surface area (Å²) in [4.78, 5) is 41.2. The van der Waals surface area contributed by atoms with Crippen LogP contribution in [-0.4, -0.2) is 50.5 Å². The second kappa shape index (κ2) is 44.7. The van der Waals surface area contributed by atoms with Crippen LogP contribution in [0.1, 0.15) is 317 Å². The van der Waals surface area contributed by atoms with E-state index in [1.165, 1.54) is 199 Å². The maximum atomic E-state index is 13.8. The van der Waals surface area contributed by atoms with Crippen molar-refractivity contribution in [1.82, 2.24) is 0 Å². The summed E-state index contributed by atoms with van der Waals surface area (Å²) in [7, 11) is 0. The molecule has 0 bridgehead atoms. The zero-order valence-corrected chi connectivity index (χ0v) is 43.0. The van der Waals surface area contributed by atoms with E-state index in [1.54, 1.807) is 13.8 Å². The first-order chi connectivity index (χ1) is 30.6. The second-order valence-corrected chi connectivity index (χ2v) is 20.4. The van der Waals surface area contributed by atoms with Crippen LogP contribution in [0.5, 0.6) is 0 Å². The topological polar surface area (TPSA) is 112 Å². The number of Topliss-reactive ketones (excluding diaryl/α,β-unsaturated/α-hetero) is 3. The average molecular weight is 892 g/mol. The lowest BCUT2D eigenvalue weighted by Gasteiger charge is -2.36. The Hall–Kier alpha value is -1.11. The summed E-state index contributed by atoms with van der Waals surface area (Å²) < 4.78 is 0. The minimum Gasteiger partial charge on any atom is -0.382 e. The van der Waals surface area contributed by atoms with Gasteiger partial charge in [-0.15, -0.1) is 0 Å². The average Bonchev–Trinajstić information content (AvgIpc) is 3.29. The van der Waals surface area contributed by atoms with Gasteiger partial charge in [-0.1, -0.05) is 291 Å². The van der Waals surface area contributed by atoms with E-state index in [2.05, 4.69) is 20.8 Å². The van der Waals surface area contributed by atoms with Crippen LogP contribution < -0.4 is 0 Å². The summed E-state index contributed by atoms with van der Waals surface area (Å²) in [5, 5.41) is 34.9. The highest BCUT2D eigenvalue weighted by atomic mass is 16.4. The molecule has 0 amide bonds. The molecule has 3 N–H and O–H groups in total. The van der Waals surface area contributed by atoms with Crippen molar-refractivity contribution in [3.05, 3.63) is 0 Å². The van der Waals surface area contributed by atoms with Crippen LogP contribution >= 0.6 is 0 Å². The first-order valence-electron chi connectivity index (χ1n) is 28.3. The van der Waals surface area contributed by atoms with E-state index in [4.69, 9.17) is 0 Å². The zero-order chi connectivity index (χ0) is 46.7. The van der Waals surface area contributed by atoms with Crippen molar-refractivity contribution < 1.29 is 29.7 Å². The molecule has 0 rings (SSSR count). The quantitative estimate of drug-likeness (QED) is 0.0525.